The van der Waals surface area contributed by atoms with E-state index in [1.807, 2.05) is 0 Å². The fraction of sp³-hybridized carbons (Fsp3) is 0.615. The van der Waals surface area contributed by atoms with E-state index < -0.39 is 54.9 Å². The number of hydrogen-bond donors (Lipinski definition) is 4. The van der Waals surface area contributed by atoms with Crippen LogP contribution in [0, 0.1) is 5.92 Å². The molecule has 1 saturated heterocycles. The average Bonchev–Trinajstić information content (AvgIpc) is 2.90. The summed E-state index contributed by atoms with van der Waals surface area (Å²) in [4.78, 5) is 24.7. The van der Waals surface area contributed by atoms with Crippen LogP contribution in [-0.2, 0) is 19.0 Å². The Morgan fingerprint density at radius 3 is 2.24 bits per heavy atom. The summed E-state index contributed by atoms with van der Waals surface area (Å²) >= 11 is 0. The molecule has 4 N–H and O–H groups in total. The van der Waals surface area contributed by atoms with E-state index in [-0.39, 0.29) is 28.7 Å². The van der Waals surface area contributed by atoms with Crippen LogP contribution in [-0.4, -0.2) is 96.6 Å². The predicted octanol–water partition coefficient (Wildman–Crippen LogP) is 0.717. The lowest BCUT2D eigenvalue weighted by molar-refractivity contribution is -0.278. The van der Waals surface area contributed by atoms with E-state index >= 15 is 0 Å². The first-order valence-corrected chi connectivity index (χ1v) is 12.2. The number of allylic oxidation sites excluding steroid dienone is 1. The molecule has 6 atom stereocenters. The highest BCUT2D eigenvalue weighted by atomic mass is 16.7. The van der Waals surface area contributed by atoms with Crippen molar-refractivity contribution < 1.29 is 58.4 Å². The Labute approximate surface area is 220 Å². The van der Waals surface area contributed by atoms with Gasteiger partial charge in [0, 0.05) is 5.57 Å². The zero-order chi connectivity index (χ0) is 28.2. The summed E-state index contributed by atoms with van der Waals surface area (Å²) in [6, 6.07) is 2.66. The standard InChI is InChI=1S/C26H36O12/c1-26(2,32)15-8-6-13(7-9-15)24(31)36-12-18-19(27)20(28)21(29)25(38-18)37-17-11-14(23(30)35-5)10-16(33-3)22(17)34-4/h6,10-11,15,18-21,25,27-29,32H,7-9,12H2,1-5H3/t15-,18+,19+,20-,21+,25+/m0/s1. The van der Waals surface area contributed by atoms with E-state index in [2.05, 4.69) is 0 Å². The molecule has 12 heteroatoms. The predicted molar refractivity (Wildman–Crippen MR) is 131 cm³/mol. The molecule has 1 aromatic carbocycles. The third-order valence-corrected chi connectivity index (χ3v) is 6.83. The van der Waals surface area contributed by atoms with Gasteiger partial charge in [-0.3, -0.25) is 0 Å². The van der Waals surface area contributed by atoms with Gasteiger partial charge in [0.2, 0.25) is 12.0 Å². The summed E-state index contributed by atoms with van der Waals surface area (Å²) in [7, 11) is 3.89. The second kappa shape index (κ2) is 12.3. The van der Waals surface area contributed by atoms with Crippen LogP contribution >= 0.6 is 0 Å². The maximum Gasteiger partial charge on any atom is 0.338 e. The Kier molecular flexibility index (Phi) is 9.60. The number of esters is 2. The minimum atomic E-state index is -1.70. The summed E-state index contributed by atoms with van der Waals surface area (Å²) in [5.41, 5.74) is -0.356. The van der Waals surface area contributed by atoms with Gasteiger partial charge < -0.3 is 48.8 Å². The third-order valence-electron chi connectivity index (χ3n) is 6.83. The number of benzene rings is 1. The van der Waals surface area contributed by atoms with Crippen LogP contribution in [0.3, 0.4) is 0 Å². The van der Waals surface area contributed by atoms with Gasteiger partial charge >= 0.3 is 11.9 Å². The SMILES string of the molecule is COC(=O)c1cc(OC)c(OC)c(O[C@@H]2O[C@H](COC(=O)C3=CC[C@H](C(C)(C)O)CC3)[C@@H](O)[C@H](O)[C@H]2O)c1. The second-order valence-electron chi connectivity index (χ2n) is 9.79. The van der Waals surface area contributed by atoms with Crippen molar-refractivity contribution in [3.05, 3.63) is 29.3 Å². The van der Waals surface area contributed by atoms with Gasteiger partial charge in [-0.1, -0.05) is 6.08 Å². The largest absolute Gasteiger partial charge is 0.493 e. The van der Waals surface area contributed by atoms with E-state index in [0.717, 1.165) is 0 Å². The van der Waals surface area contributed by atoms with Crippen molar-refractivity contribution in [2.75, 3.05) is 27.9 Å². The molecule has 0 saturated carbocycles. The Morgan fingerprint density at radius 1 is 1.00 bits per heavy atom. The van der Waals surface area contributed by atoms with Crippen molar-refractivity contribution in [3.63, 3.8) is 0 Å². The third kappa shape index (κ3) is 6.56. The highest BCUT2D eigenvalue weighted by Gasteiger charge is 2.46. The van der Waals surface area contributed by atoms with Crippen LogP contribution in [0.15, 0.2) is 23.8 Å². The lowest BCUT2D eigenvalue weighted by Crippen LogP contribution is -2.60. The number of aliphatic hydroxyl groups excluding tert-OH is 3. The summed E-state index contributed by atoms with van der Waals surface area (Å²) in [5, 5.41) is 41.6. The first-order chi connectivity index (χ1) is 17.9. The zero-order valence-electron chi connectivity index (χ0n) is 22.1. The topological polar surface area (TPSA) is 170 Å². The number of aliphatic hydroxyl groups is 4. The van der Waals surface area contributed by atoms with Gasteiger partial charge in [0.15, 0.2) is 11.5 Å². The number of hydrogen-bond acceptors (Lipinski definition) is 12. The minimum Gasteiger partial charge on any atom is -0.493 e. The molecule has 0 unspecified atom stereocenters. The molecule has 38 heavy (non-hydrogen) atoms. The van der Waals surface area contributed by atoms with Crippen LogP contribution in [0.25, 0.3) is 0 Å². The molecule has 1 aliphatic heterocycles. The summed E-state index contributed by atoms with van der Waals surface area (Å²) in [6.07, 6.45) is -4.48. The van der Waals surface area contributed by atoms with Gasteiger partial charge in [-0.05, 0) is 51.2 Å². The van der Waals surface area contributed by atoms with Crippen molar-refractivity contribution in [2.24, 2.45) is 5.92 Å². The molecule has 212 valence electrons. The Bertz CT molecular complexity index is 1030. The summed E-state index contributed by atoms with van der Waals surface area (Å²) in [5.74, 6) is -1.13. The quantitative estimate of drug-likeness (QED) is 0.324. The molecule has 0 spiro atoms. The molecule has 1 aliphatic carbocycles. The number of rotatable bonds is 9. The molecule has 3 rings (SSSR count). The van der Waals surface area contributed by atoms with Crippen LogP contribution in [0.5, 0.6) is 17.2 Å². The first-order valence-electron chi connectivity index (χ1n) is 12.2. The van der Waals surface area contributed by atoms with Crippen LogP contribution in [0.2, 0.25) is 0 Å². The van der Waals surface area contributed by atoms with Crippen LogP contribution < -0.4 is 14.2 Å². The van der Waals surface area contributed by atoms with Crippen molar-refractivity contribution in [1.29, 1.82) is 0 Å². The summed E-state index contributed by atoms with van der Waals surface area (Å²) in [6.45, 7) is 3.02. The smallest absolute Gasteiger partial charge is 0.338 e. The lowest BCUT2D eigenvalue weighted by Gasteiger charge is -2.40. The van der Waals surface area contributed by atoms with E-state index in [0.29, 0.717) is 24.8 Å². The highest BCUT2D eigenvalue weighted by molar-refractivity contribution is 5.91. The van der Waals surface area contributed by atoms with Gasteiger partial charge in [-0.25, -0.2) is 9.59 Å². The van der Waals surface area contributed by atoms with Gasteiger partial charge in [-0.2, -0.15) is 0 Å². The number of carbonyl (C=O) groups is 2. The first kappa shape index (κ1) is 29.7. The average molecular weight is 541 g/mol. The minimum absolute atomic E-state index is 0.0189. The molecule has 2 aliphatic rings. The summed E-state index contributed by atoms with van der Waals surface area (Å²) < 4.78 is 32.1. The molecule has 1 fully saturated rings. The van der Waals surface area contributed by atoms with Crippen molar-refractivity contribution in [2.45, 2.75) is 69.4 Å². The fourth-order valence-electron chi connectivity index (χ4n) is 4.44. The Balaban J connectivity index is 1.73. The van der Waals surface area contributed by atoms with Crippen LogP contribution in [0.1, 0.15) is 43.5 Å². The van der Waals surface area contributed by atoms with Crippen molar-refractivity contribution in [3.8, 4) is 17.2 Å². The van der Waals surface area contributed by atoms with E-state index in [1.165, 1.54) is 33.5 Å². The molecule has 1 aromatic rings. The highest BCUT2D eigenvalue weighted by Crippen LogP contribution is 2.40. The Morgan fingerprint density at radius 2 is 1.68 bits per heavy atom. The van der Waals surface area contributed by atoms with E-state index in [9.17, 15) is 30.0 Å². The zero-order valence-corrected chi connectivity index (χ0v) is 22.1. The fourth-order valence-corrected chi connectivity index (χ4v) is 4.44. The molecular formula is C26H36O12. The molecule has 12 nitrogen and oxygen atoms in total. The van der Waals surface area contributed by atoms with Gasteiger partial charge in [0.25, 0.3) is 0 Å². The van der Waals surface area contributed by atoms with Gasteiger partial charge in [-0.15, -0.1) is 0 Å². The normalized spacial score (nSPS) is 27.7. The number of ether oxygens (including phenoxy) is 6. The van der Waals surface area contributed by atoms with E-state index in [4.69, 9.17) is 28.4 Å². The van der Waals surface area contributed by atoms with Gasteiger partial charge in [0.05, 0.1) is 32.5 Å². The second-order valence-corrected chi connectivity index (χ2v) is 9.79. The molecular weight excluding hydrogens is 504 g/mol. The number of carbonyl (C=O) groups excluding carboxylic acids is 2. The number of methoxy groups -OCH3 is 3. The molecule has 0 aromatic heterocycles. The maximum absolute atomic E-state index is 12.6. The Hall–Kier alpha value is -2.90. The maximum atomic E-state index is 12.6. The van der Waals surface area contributed by atoms with Gasteiger partial charge in [0.1, 0.15) is 31.0 Å². The molecule has 0 bridgehead atoms. The van der Waals surface area contributed by atoms with Crippen molar-refractivity contribution >= 4 is 11.9 Å². The molecule has 1 heterocycles. The molecule has 0 radical (unpaired) electrons. The molecule has 0 amide bonds. The monoisotopic (exact) mass is 540 g/mol. The lowest BCUT2D eigenvalue weighted by atomic mass is 9.79. The van der Waals surface area contributed by atoms with E-state index in [1.54, 1.807) is 19.9 Å². The van der Waals surface area contributed by atoms with Crippen molar-refractivity contribution in [1.82, 2.24) is 0 Å². The van der Waals surface area contributed by atoms with Crippen LogP contribution in [0.4, 0.5) is 0 Å².